The highest BCUT2D eigenvalue weighted by Crippen LogP contribution is 2.23. The molecule has 1 atom stereocenters. The summed E-state index contributed by atoms with van der Waals surface area (Å²) in [6.45, 7) is 5.67. The first-order chi connectivity index (χ1) is 12.6. The minimum Gasteiger partial charge on any atom is -0.356 e. The molecule has 1 saturated heterocycles. The number of amides is 3. The zero-order valence-corrected chi connectivity index (χ0v) is 15.3. The lowest BCUT2D eigenvalue weighted by Crippen LogP contribution is -2.36. The van der Waals surface area contributed by atoms with Crippen molar-refractivity contribution in [1.29, 1.82) is 0 Å². The molecular weight excluding hydrogens is 326 g/mol. The lowest BCUT2D eigenvalue weighted by atomic mass is 10.0. The Morgan fingerprint density at radius 1 is 1.12 bits per heavy atom. The van der Waals surface area contributed by atoms with Crippen LogP contribution in [0.3, 0.4) is 0 Å². The minimum atomic E-state index is -0.153. The third-order valence-corrected chi connectivity index (χ3v) is 4.68. The van der Waals surface area contributed by atoms with Gasteiger partial charge < -0.3 is 15.5 Å². The van der Waals surface area contributed by atoms with Gasteiger partial charge in [-0.15, -0.1) is 0 Å². The molecule has 0 aromatic heterocycles. The molecule has 136 valence electrons. The molecule has 2 N–H and O–H groups in total. The summed E-state index contributed by atoms with van der Waals surface area (Å²) >= 11 is 0. The molecule has 0 radical (unpaired) electrons. The molecule has 5 heteroatoms. The summed E-state index contributed by atoms with van der Waals surface area (Å²) in [7, 11) is 0. The number of hydrogen-bond acceptors (Lipinski definition) is 2. The molecule has 1 aliphatic rings. The van der Waals surface area contributed by atoms with E-state index >= 15 is 0 Å². The fourth-order valence-electron chi connectivity index (χ4n) is 3.25. The van der Waals surface area contributed by atoms with Gasteiger partial charge in [0.25, 0.3) is 0 Å². The van der Waals surface area contributed by atoms with E-state index in [1.165, 1.54) is 5.56 Å². The van der Waals surface area contributed by atoms with Crippen molar-refractivity contribution in [3.63, 3.8) is 0 Å². The highest BCUT2D eigenvalue weighted by atomic mass is 16.2. The second kappa shape index (κ2) is 8.04. The van der Waals surface area contributed by atoms with Gasteiger partial charge in [0.05, 0.1) is 5.92 Å². The van der Waals surface area contributed by atoms with Gasteiger partial charge in [-0.1, -0.05) is 42.0 Å². The summed E-state index contributed by atoms with van der Waals surface area (Å²) in [6, 6.07) is 16.0. The Labute approximate surface area is 154 Å². The summed E-state index contributed by atoms with van der Waals surface area (Å²) in [6.07, 6.45) is 0.714. The predicted octanol–water partition coefficient (Wildman–Crippen LogP) is 3.65. The summed E-state index contributed by atoms with van der Waals surface area (Å²) in [5.74, 6) is -0.0743. The van der Waals surface area contributed by atoms with Crippen LogP contribution in [0.25, 0.3) is 11.1 Å². The summed E-state index contributed by atoms with van der Waals surface area (Å²) < 4.78 is 0. The molecule has 5 nitrogen and oxygen atoms in total. The van der Waals surface area contributed by atoms with Crippen molar-refractivity contribution in [2.24, 2.45) is 5.92 Å². The van der Waals surface area contributed by atoms with Crippen molar-refractivity contribution in [1.82, 2.24) is 10.2 Å². The first-order valence-electron chi connectivity index (χ1n) is 9.07. The number of anilines is 1. The Morgan fingerprint density at radius 2 is 1.88 bits per heavy atom. The average Bonchev–Trinajstić information content (AvgIpc) is 3.13. The number of likely N-dealkylation sites (tertiary alicyclic amines) is 1. The summed E-state index contributed by atoms with van der Waals surface area (Å²) in [4.78, 5) is 26.0. The van der Waals surface area contributed by atoms with Gasteiger partial charge in [-0.25, -0.2) is 4.79 Å². The number of nitrogens with zero attached hydrogens (tertiary/aromatic N) is 1. The number of rotatable bonds is 4. The largest absolute Gasteiger partial charge is 0.356 e. The highest BCUT2D eigenvalue weighted by Gasteiger charge is 2.30. The van der Waals surface area contributed by atoms with E-state index in [9.17, 15) is 9.59 Å². The second-order valence-electron chi connectivity index (χ2n) is 6.70. The Kier molecular flexibility index (Phi) is 5.56. The van der Waals surface area contributed by atoms with Crippen LogP contribution in [-0.4, -0.2) is 36.5 Å². The maximum atomic E-state index is 12.4. The van der Waals surface area contributed by atoms with Crippen LogP contribution < -0.4 is 10.6 Å². The van der Waals surface area contributed by atoms with Crippen LogP contribution in [0, 0.1) is 12.8 Å². The third kappa shape index (κ3) is 4.23. The predicted molar refractivity (Wildman–Crippen MR) is 104 cm³/mol. The van der Waals surface area contributed by atoms with E-state index in [4.69, 9.17) is 0 Å². The fraction of sp³-hybridized carbons (Fsp3) is 0.333. The maximum Gasteiger partial charge on any atom is 0.321 e. The third-order valence-electron chi connectivity index (χ3n) is 4.68. The average molecular weight is 351 g/mol. The lowest BCUT2D eigenvalue weighted by molar-refractivity contribution is -0.124. The Morgan fingerprint density at radius 3 is 2.58 bits per heavy atom. The van der Waals surface area contributed by atoms with Gasteiger partial charge in [0.15, 0.2) is 0 Å². The molecule has 2 aromatic rings. The van der Waals surface area contributed by atoms with Gasteiger partial charge in [0.1, 0.15) is 0 Å². The van der Waals surface area contributed by atoms with Gasteiger partial charge in [-0.2, -0.15) is 0 Å². The number of carbonyl (C=O) groups is 2. The lowest BCUT2D eigenvalue weighted by Gasteiger charge is -2.17. The standard InChI is InChI=1S/C21H25N3O2/c1-3-22-20(25)18-11-12-24(14-18)21(26)23-19-9-7-16(8-10-19)17-6-4-5-15(2)13-17/h4-10,13,18H,3,11-12,14H2,1-2H3,(H,22,25)(H,23,26)/t18-/m1/s1. The molecule has 0 bridgehead atoms. The highest BCUT2D eigenvalue weighted by molar-refractivity contribution is 5.90. The Hall–Kier alpha value is -2.82. The van der Waals surface area contributed by atoms with Crippen molar-refractivity contribution < 1.29 is 9.59 Å². The molecule has 1 heterocycles. The maximum absolute atomic E-state index is 12.4. The zero-order chi connectivity index (χ0) is 18.5. The van der Waals surface area contributed by atoms with Crippen molar-refractivity contribution in [3.05, 3.63) is 54.1 Å². The molecular formula is C21H25N3O2. The number of aryl methyl sites for hydroxylation is 1. The monoisotopic (exact) mass is 351 g/mol. The first kappa shape index (κ1) is 18.0. The SMILES string of the molecule is CCNC(=O)[C@@H]1CCN(C(=O)Nc2ccc(-c3cccc(C)c3)cc2)C1. The smallest absolute Gasteiger partial charge is 0.321 e. The number of urea groups is 1. The van der Waals surface area contributed by atoms with Crippen molar-refractivity contribution in [3.8, 4) is 11.1 Å². The van der Waals surface area contributed by atoms with E-state index in [1.54, 1.807) is 4.90 Å². The van der Waals surface area contributed by atoms with Gasteiger partial charge in [0, 0.05) is 25.3 Å². The number of carbonyl (C=O) groups excluding carboxylic acids is 2. The number of nitrogens with one attached hydrogen (secondary N) is 2. The quantitative estimate of drug-likeness (QED) is 0.883. The van der Waals surface area contributed by atoms with Crippen LogP contribution in [0.2, 0.25) is 0 Å². The van der Waals surface area contributed by atoms with Gasteiger partial charge in [-0.3, -0.25) is 4.79 Å². The van der Waals surface area contributed by atoms with Crippen LogP contribution in [0.4, 0.5) is 10.5 Å². The zero-order valence-electron chi connectivity index (χ0n) is 15.3. The van der Waals surface area contributed by atoms with E-state index in [-0.39, 0.29) is 17.9 Å². The van der Waals surface area contributed by atoms with Gasteiger partial charge >= 0.3 is 6.03 Å². The fourth-order valence-corrected chi connectivity index (χ4v) is 3.25. The summed E-state index contributed by atoms with van der Waals surface area (Å²) in [5.41, 5.74) is 4.25. The topological polar surface area (TPSA) is 61.4 Å². The molecule has 3 amide bonds. The van der Waals surface area contributed by atoms with Gasteiger partial charge in [0.2, 0.25) is 5.91 Å². The molecule has 2 aromatic carbocycles. The Bertz CT molecular complexity index is 786. The molecule has 0 aliphatic carbocycles. The number of benzene rings is 2. The van der Waals surface area contributed by atoms with E-state index in [0.29, 0.717) is 26.1 Å². The normalized spacial score (nSPS) is 16.4. The van der Waals surface area contributed by atoms with Crippen LogP contribution in [0.5, 0.6) is 0 Å². The van der Waals surface area contributed by atoms with Crippen LogP contribution >= 0.6 is 0 Å². The molecule has 0 saturated carbocycles. The summed E-state index contributed by atoms with van der Waals surface area (Å²) in [5, 5.41) is 5.75. The van der Waals surface area contributed by atoms with Crippen LogP contribution in [-0.2, 0) is 4.79 Å². The van der Waals surface area contributed by atoms with Crippen LogP contribution in [0.15, 0.2) is 48.5 Å². The van der Waals surface area contributed by atoms with E-state index < -0.39 is 0 Å². The van der Waals surface area contributed by atoms with Crippen molar-refractivity contribution in [2.75, 3.05) is 25.0 Å². The Balaban J connectivity index is 1.59. The second-order valence-corrected chi connectivity index (χ2v) is 6.70. The number of hydrogen-bond donors (Lipinski definition) is 2. The van der Waals surface area contributed by atoms with E-state index in [1.807, 2.05) is 37.3 Å². The van der Waals surface area contributed by atoms with Gasteiger partial charge in [-0.05, 0) is 43.5 Å². The van der Waals surface area contributed by atoms with Crippen LogP contribution in [0.1, 0.15) is 18.9 Å². The minimum absolute atomic E-state index is 0.0327. The van der Waals surface area contributed by atoms with Crippen molar-refractivity contribution >= 4 is 17.6 Å². The molecule has 3 rings (SSSR count). The van der Waals surface area contributed by atoms with E-state index in [0.717, 1.165) is 16.8 Å². The van der Waals surface area contributed by atoms with Crippen molar-refractivity contribution in [2.45, 2.75) is 20.3 Å². The molecule has 0 unspecified atom stereocenters. The van der Waals surface area contributed by atoms with E-state index in [2.05, 4.69) is 35.8 Å². The first-order valence-corrected chi connectivity index (χ1v) is 9.07. The molecule has 1 aliphatic heterocycles. The molecule has 0 spiro atoms. The molecule has 1 fully saturated rings. The molecule has 26 heavy (non-hydrogen) atoms.